The summed E-state index contributed by atoms with van der Waals surface area (Å²) in [5, 5.41) is 0. The molecule has 1 aromatic rings. The Morgan fingerprint density at radius 3 is 2.89 bits per heavy atom. The van der Waals surface area contributed by atoms with Crippen LogP contribution in [0.3, 0.4) is 0 Å². The maximum Gasteiger partial charge on any atom is 0.0655 e. The lowest BCUT2D eigenvalue weighted by atomic mass is 9.98. The van der Waals surface area contributed by atoms with E-state index in [1.807, 2.05) is 6.20 Å². The molecule has 0 aromatic carbocycles. The summed E-state index contributed by atoms with van der Waals surface area (Å²) in [5.41, 5.74) is 5.21. The van der Waals surface area contributed by atoms with Gasteiger partial charge in [0.15, 0.2) is 0 Å². The first kappa shape index (κ1) is 13.8. The average Bonchev–Trinajstić information content (AvgIpc) is 2.46. The van der Waals surface area contributed by atoms with Crippen molar-refractivity contribution in [3.63, 3.8) is 0 Å². The fraction of sp³-hybridized carbons (Fsp3) is 0.389. The van der Waals surface area contributed by atoms with E-state index in [0.29, 0.717) is 0 Å². The molecule has 1 aromatic heterocycles. The van der Waals surface area contributed by atoms with Crippen molar-refractivity contribution < 1.29 is 0 Å². The molecule has 0 saturated carbocycles. The van der Waals surface area contributed by atoms with E-state index in [4.69, 9.17) is 0 Å². The van der Waals surface area contributed by atoms with Crippen molar-refractivity contribution in [2.75, 3.05) is 0 Å². The molecule has 19 heavy (non-hydrogen) atoms. The van der Waals surface area contributed by atoms with Gasteiger partial charge >= 0.3 is 0 Å². The molecule has 0 amide bonds. The third kappa shape index (κ3) is 4.20. The molecule has 1 nitrogen and oxygen atoms in total. The van der Waals surface area contributed by atoms with E-state index in [9.17, 15) is 0 Å². The molecule has 0 fully saturated rings. The van der Waals surface area contributed by atoms with E-state index in [1.54, 1.807) is 0 Å². The number of aromatic nitrogens is 1. The first-order chi connectivity index (χ1) is 9.29. The summed E-state index contributed by atoms with van der Waals surface area (Å²) in [6, 6.07) is 4.36. The first-order valence-electron chi connectivity index (χ1n) is 7.26. The lowest BCUT2D eigenvalue weighted by Crippen LogP contribution is -1.95. The minimum atomic E-state index is 1.04. The van der Waals surface area contributed by atoms with Crippen LogP contribution in [-0.4, -0.2) is 4.98 Å². The number of nitrogens with zero attached hydrogens (tertiary/aromatic N) is 1. The Balaban J connectivity index is 2.02. The Hall–Kier alpha value is -1.63. The Morgan fingerprint density at radius 1 is 1.37 bits per heavy atom. The second-order valence-electron chi connectivity index (χ2n) is 5.20. The van der Waals surface area contributed by atoms with Gasteiger partial charge < -0.3 is 0 Å². The number of pyridine rings is 1. The van der Waals surface area contributed by atoms with E-state index >= 15 is 0 Å². The molecule has 0 bridgehead atoms. The molecule has 1 aliphatic rings. The van der Waals surface area contributed by atoms with Crippen LogP contribution in [-0.2, 0) is 6.42 Å². The summed E-state index contributed by atoms with van der Waals surface area (Å²) in [6.45, 7) is 4.35. The number of hydrogen-bond acceptors (Lipinski definition) is 1. The summed E-state index contributed by atoms with van der Waals surface area (Å²) in [5.74, 6) is 0. The monoisotopic (exact) mass is 253 g/mol. The smallest absolute Gasteiger partial charge is 0.0655 e. The van der Waals surface area contributed by atoms with Crippen molar-refractivity contribution in [1.82, 2.24) is 4.98 Å². The van der Waals surface area contributed by atoms with Crippen LogP contribution in [0.15, 0.2) is 48.2 Å². The normalized spacial score (nSPS) is 15.5. The molecule has 0 N–H and O–H groups in total. The van der Waals surface area contributed by atoms with Gasteiger partial charge in [-0.3, -0.25) is 4.98 Å². The molecule has 0 spiro atoms. The lowest BCUT2D eigenvalue weighted by molar-refractivity contribution is 0.907. The van der Waals surface area contributed by atoms with E-state index in [-0.39, 0.29) is 0 Å². The quantitative estimate of drug-likeness (QED) is 0.711. The Labute approximate surface area is 116 Å². The minimum absolute atomic E-state index is 1.04. The predicted octanol–water partition coefficient (Wildman–Crippen LogP) is 5.10. The van der Waals surface area contributed by atoms with Gasteiger partial charge in [0.05, 0.1) is 5.69 Å². The van der Waals surface area contributed by atoms with Gasteiger partial charge in [0.2, 0.25) is 0 Å². The highest BCUT2D eigenvalue weighted by atomic mass is 14.7. The molecule has 1 aliphatic carbocycles. The molecule has 0 unspecified atom stereocenters. The third-order valence-electron chi connectivity index (χ3n) is 3.50. The molecular weight excluding hydrogens is 230 g/mol. The van der Waals surface area contributed by atoms with Crippen LogP contribution in [0.5, 0.6) is 0 Å². The fourth-order valence-corrected chi connectivity index (χ4v) is 2.29. The molecular formula is C18H23N. The van der Waals surface area contributed by atoms with Crippen LogP contribution in [0.2, 0.25) is 0 Å². The molecule has 100 valence electrons. The van der Waals surface area contributed by atoms with Gasteiger partial charge in [-0.05, 0) is 49.8 Å². The SMILES string of the molecule is CCC/C=C(\C)c1ccc(CC2=CC=CCC2)cn1. The first-order valence-corrected chi connectivity index (χ1v) is 7.26. The van der Waals surface area contributed by atoms with Crippen LogP contribution in [0.25, 0.3) is 5.57 Å². The molecule has 1 heterocycles. The largest absolute Gasteiger partial charge is 0.256 e. The maximum atomic E-state index is 4.58. The number of allylic oxidation sites excluding steroid dienone is 6. The van der Waals surface area contributed by atoms with Crippen LogP contribution in [0.1, 0.15) is 50.8 Å². The van der Waals surface area contributed by atoms with Gasteiger partial charge in [0.1, 0.15) is 0 Å². The second-order valence-corrected chi connectivity index (χ2v) is 5.20. The summed E-state index contributed by atoms with van der Waals surface area (Å²) < 4.78 is 0. The van der Waals surface area contributed by atoms with Crippen molar-refractivity contribution in [3.05, 3.63) is 59.5 Å². The number of rotatable bonds is 5. The highest BCUT2D eigenvalue weighted by molar-refractivity contribution is 5.60. The van der Waals surface area contributed by atoms with Crippen molar-refractivity contribution >= 4 is 5.57 Å². The highest BCUT2D eigenvalue weighted by Crippen LogP contribution is 2.18. The highest BCUT2D eigenvalue weighted by Gasteiger charge is 2.03. The number of unbranched alkanes of at least 4 members (excludes halogenated alkanes) is 1. The topological polar surface area (TPSA) is 12.9 Å². The average molecular weight is 253 g/mol. The molecule has 0 aliphatic heterocycles. The zero-order chi connectivity index (χ0) is 13.5. The van der Waals surface area contributed by atoms with Gasteiger partial charge in [0, 0.05) is 6.20 Å². The molecule has 0 saturated heterocycles. The second kappa shape index (κ2) is 7.08. The predicted molar refractivity (Wildman–Crippen MR) is 83.0 cm³/mol. The zero-order valence-electron chi connectivity index (χ0n) is 12.0. The fourth-order valence-electron chi connectivity index (χ4n) is 2.29. The molecule has 0 atom stereocenters. The summed E-state index contributed by atoms with van der Waals surface area (Å²) >= 11 is 0. The van der Waals surface area contributed by atoms with Gasteiger partial charge in [-0.2, -0.15) is 0 Å². The van der Waals surface area contributed by atoms with E-state index < -0.39 is 0 Å². The van der Waals surface area contributed by atoms with Crippen LogP contribution >= 0.6 is 0 Å². The lowest BCUT2D eigenvalue weighted by Gasteiger charge is -2.09. The Bertz CT molecular complexity index is 489. The standard InChI is InChI=1S/C18H23N/c1-3-4-8-15(2)18-12-11-17(14-19-18)13-16-9-6-5-7-10-16/h5-6,8-9,11-12,14H,3-4,7,10,13H2,1-2H3/b15-8+. The third-order valence-corrected chi connectivity index (χ3v) is 3.50. The Morgan fingerprint density at radius 2 is 2.26 bits per heavy atom. The van der Waals surface area contributed by atoms with Crippen molar-refractivity contribution in [3.8, 4) is 0 Å². The van der Waals surface area contributed by atoms with Crippen LogP contribution < -0.4 is 0 Å². The van der Waals surface area contributed by atoms with E-state index in [2.05, 4.69) is 55.3 Å². The van der Waals surface area contributed by atoms with Gasteiger partial charge in [-0.15, -0.1) is 0 Å². The zero-order valence-corrected chi connectivity index (χ0v) is 12.0. The van der Waals surface area contributed by atoms with Gasteiger partial charge in [-0.1, -0.05) is 49.3 Å². The van der Waals surface area contributed by atoms with Crippen molar-refractivity contribution in [1.29, 1.82) is 0 Å². The van der Waals surface area contributed by atoms with Gasteiger partial charge in [0.25, 0.3) is 0 Å². The summed E-state index contributed by atoms with van der Waals surface area (Å²) in [4.78, 5) is 4.58. The Kier molecular flexibility index (Phi) is 5.14. The molecule has 2 rings (SSSR count). The van der Waals surface area contributed by atoms with Gasteiger partial charge in [-0.25, -0.2) is 0 Å². The minimum Gasteiger partial charge on any atom is -0.256 e. The summed E-state index contributed by atoms with van der Waals surface area (Å²) in [7, 11) is 0. The van der Waals surface area contributed by atoms with E-state index in [0.717, 1.165) is 18.5 Å². The van der Waals surface area contributed by atoms with Crippen LogP contribution in [0, 0.1) is 0 Å². The van der Waals surface area contributed by atoms with Crippen molar-refractivity contribution in [2.24, 2.45) is 0 Å². The molecule has 0 radical (unpaired) electrons. The van der Waals surface area contributed by atoms with Crippen molar-refractivity contribution in [2.45, 2.75) is 46.0 Å². The van der Waals surface area contributed by atoms with E-state index in [1.165, 1.54) is 36.0 Å². The number of hydrogen-bond donors (Lipinski definition) is 0. The summed E-state index contributed by atoms with van der Waals surface area (Å²) in [6.07, 6.45) is 16.7. The maximum absolute atomic E-state index is 4.58. The molecule has 1 heteroatoms. The van der Waals surface area contributed by atoms with Crippen LogP contribution in [0.4, 0.5) is 0 Å².